The van der Waals surface area contributed by atoms with E-state index in [2.05, 4.69) is 15.4 Å². The number of nitrogens with one attached hydrogen (secondary N) is 3. The van der Waals surface area contributed by atoms with Crippen molar-refractivity contribution in [2.45, 2.75) is 10.6 Å². The van der Waals surface area contributed by atoms with E-state index in [1.165, 1.54) is 11.6 Å². The molecule has 110 valence electrons. The second kappa shape index (κ2) is 6.98. The minimum Gasteiger partial charge on any atom is -0.351 e. The molecule has 1 aromatic heterocycles. The van der Waals surface area contributed by atoms with Crippen LogP contribution in [-0.2, 0) is 14.8 Å². The van der Waals surface area contributed by atoms with E-state index in [1.807, 2.05) is 6.08 Å². The summed E-state index contributed by atoms with van der Waals surface area (Å²) in [5.74, 6) is -0.329. The van der Waals surface area contributed by atoms with Crippen LogP contribution in [0.3, 0.4) is 0 Å². The number of sulfonamides is 1. The maximum Gasteiger partial charge on any atom is 0.250 e. The molecule has 0 radical (unpaired) electrons. The fourth-order valence-corrected chi connectivity index (χ4v) is 3.77. The lowest BCUT2D eigenvalue weighted by molar-refractivity contribution is -0.119. The second-order valence-electron chi connectivity index (χ2n) is 4.35. The van der Waals surface area contributed by atoms with E-state index in [0.717, 1.165) is 30.8 Å². The maximum absolute atomic E-state index is 11.8. The quantitative estimate of drug-likeness (QED) is 0.648. The van der Waals surface area contributed by atoms with Crippen LogP contribution in [0.5, 0.6) is 0 Å². The van der Waals surface area contributed by atoms with Gasteiger partial charge in [0.25, 0.3) is 10.0 Å². The van der Waals surface area contributed by atoms with Crippen molar-refractivity contribution in [3.63, 3.8) is 0 Å². The van der Waals surface area contributed by atoms with Gasteiger partial charge in [-0.25, -0.2) is 13.1 Å². The highest BCUT2D eigenvalue weighted by Crippen LogP contribution is 2.14. The van der Waals surface area contributed by atoms with Crippen LogP contribution < -0.4 is 15.4 Å². The minimum absolute atomic E-state index is 0.214. The van der Waals surface area contributed by atoms with Crippen LogP contribution in [0.15, 0.2) is 33.4 Å². The normalized spacial score (nSPS) is 15.7. The van der Waals surface area contributed by atoms with Crippen LogP contribution in [0.4, 0.5) is 0 Å². The standard InChI is InChI=1S/C12H17N3O3S2/c16-11(14-8-10-3-5-13-6-4-10)9-15-20(17,18)12-2-1-7-19-12/h1-3,7,13,15H,4-6,8-9H2,(H,14,16). The monoisotopic (exact) mass is 315 g/mol. The number of carbonyl (C=O) groups excluding carboxylic acids is 1. The first-order chi connectivity index (χ1) is 9.58. The van der Waals surface area contributed by atoms with Gasteiger partial charge in [-0.1, -0.05) is 17.7 Å². The molecule has 0 spiro atoms. The summed E-state index contributed by atoms with van der Waals surface area (Å²) in [7, 11) is -3.57. The predicted molar refractivity (Wildman–Crippen MR) is 78.1 cm³/mol. The Hall–Kier alpha value is -1.22. The van der Waals surface area contributed by atoms with Crippen molar-refractivity contribution in [1.82, 2.24) is 15.4 Å². The Morgan fingerprint density at radius 1 is 1.45 bits per heavy atom. The molecule has 2 rings (SSSR count). The molecule has 1 amide bonds. The zero-order valence-corrected chi connectivity index (χ0v) is 12.5. The summed E-state index contributed by atoms with van der Waals surface area (Å²) in [6, 6.07) is 3.16. The molecule has 1 aliphatic heterocycles. The summed E-state index contributed by atoms with van der Waals surface area (Å²) < 4.78 is 26.1. The van der Waals surface area contributed by atoms with Gasteiger partial charge in [-0.2, -0.15) is 0 Å². The molecule has 2 heterocycles. The largest absolute Gasteiger partial charge is 0.351 e. The average Bonchev–Trinajstić information content (AvgIpc) is 2.99. The van der Waals surface area contributed by atoms with Crippen LogP contribution >= 0.6 is 11.3 Å². The van der Waals surface area contributed by atoms with Crippen LogP contribution in [-0.4, -0.2) is 40.5 Å². The Labute approximate surface area is 122 Å². The van der Waals surface area contributed by atoms with Crippen molar-refractivity contribution < 1.29 is 13.2 Å². The molecule has 0 atom stereocenters. The molecule has 6 nitrogen and oxygen atoms in total. The fourth-order valence-electron chi connectivity index (χ4n) is 1.75. The zero-order chi connectivity index (χ0) is 14.4. The molecule has 3 N–H and O–H groups in total. The van der Waals surface area contributed by atoms with Crippen LogP contribution in [0.2, 0.25) is 0 Å². The van der Waals surface area contributed by atoms with Gasteiger partial charge in [-0.05, 0) is 24.4 Å². The van der Waals surface area contributed by atoms with Gasteiger partial charge in [0.05, 0.1) is 6.54 Å². The number of amides is 1. The smallest absolute Gasteiger partial charge is 0.250 e. The number of hydrogen-bond donors (Lipinski definition) is 3. The first-order valence-corrected chi connectivity index (χ1v) is 8.63. The Morgan fingerprint density at radius 3 is 2.95 bits per heavy atom. The highest BCUT2D eigenvalue weighted by atomic mass is 32.2. The lowest BCUT2D eigenvalue weighted by Gasteiger charge is -2.14. The van der Waals surface area contributed by atoms with Crippen molar-refractivity contribution in [2.75, 3.05) is 26.2 Å². The SMILES string of the molecule is O=C(CNS(=O)(=O)c1cccs1)NCC1=CCNCC1. The summed E-state index contributed by atoms with van der Waals surface area (Å²) in [4.78, 5) is 11.6. The van der Waals surface area contributed by atoms with Crippen molar-refractivity contribution in [3.05, 3.63) is 29.2 Å². The van der Waals surface area contributed by atoms with E-state index in [1.54, 1.807) is 11.4 Å². The van der Waals surface area contributed by atoms with Gasteiger partial charge >= 0.3 is 0 Å². The van der Waals surface area contributed by atoms with Crippen LogP contribution in [0.25, 0.3) is 0 Å². The van der Waals surface area contributed by atoms with Gasteiger partial charge in [-0.3, -0.25) is 4.79 Å². The molecule has 0 aromatic carbocycles. The van der Waals surface area contributed by atoms with Gasteiger partial charge in [0.15, 0.2) is 0 Å². The molecule has 1 aliphatic rings. The molecular weight excluding hydrogens is 298 g/mol. The molecule has 0 fully saturated rings. The van der Waals surface area contributed by atoms with Crippen molar-refractivity contribution in [1.29, 1.82) is 0 Å². The summed E-state index contributed by atoms with van der Waals surface area (Å²) in [5, 5.41) is 7.57. The number of carbonyl (C=O) groups is 1. The highest BCUT2D eigenvalue weighted by Gasteiger charge is 2.16. The third-order valence-electron chi connectivity index (χ3n) is 2.85. The predicted octanol–water partition coefficient (Wildman–Crippen LogP) is 0.0623. The topological polar surface area (TPSA) is 87.3 Å². The van der Waals surface area contributed by atoms with Gasteiger partial charge < -0.3 is 10.6 Å². The summed E-state index contributed by atoms with van der Waals surface area (Å²) in [6.07, 6.45) is 2.95. The number of hydrogen-bond acceptors (Lipinski definition) is 5. The molecule has 0 unspecified atom stereocenters. The summed E-state index contributed by atoms with van der Waals surface area (Å²) in [6.45, 7) is 1.95. The maximum atomic E-state index is 11.8. The Morgan fingerprint density at radius 2 is 2.30 bits per heavy atom. The minimum atomic E-state index is -3.57. The second-order valence-corrected chi connectivity index (χ2v) is 7.29. The third-order valence-corrected chi connectivity index (χ3v) is 5.65. The average molecular weight is 315 g/mol. The molecule has 0 aliphatic carbocycles. The summed E-state index contributed by atoms with van der Waals surface area (Å²) in [5.41, 5.74) is 1.17. The highest BCUT2D eigenvalue weighted by molar-refractivity contribution is 7.91. The number of rotatable bonds is 6. The lowest BCUT2D eigenvalue weighted by Crippen LogP contribution is -2.38. The van der Waals surface area contributed by atoms with Gasteiger partial charge in [0, 0.05) is 13.1 Å². The Balaban J connectivity index is 1.76. The van der Waals surface area contributed by atoms with E-state index in [-0.39, 0.29) is 16.7 Å². The molecular formula is C12H17N3O3S2. The first-order valence-electron chi connectivity index (χ1n) is 6.26. The summed E-state index contributed by atoms with van der Waals surface area (Å²) >= 11 is 1.12. The molecule has 0 saturated carbocycles. The third kappa shape index (κ3) is 4.41. The van der Waals surface area contributed by atoms with E-state index in [4.69, 9.17) is 0 Å². The number of thiophene rings is 1. The zero-order valence-electron chi connectivity index (χ0n) is 10.9. The van der Waals surface area contributed by atoms with E-state index >= 15 is 0 Å². The van der Waals surface area contributed by atoms with E-state index in [0.29, 0.717) is 6.54 Å². The fraction of sp³-hybridized carbons (Fsp3) is 0.417. The van der Waals surface area contributed by atoms with E-state index in [9.17, 15) is 13.2 Å². The Kier molecular flexibility index (Phi) is 5.30. The molecule has 0 saturated heterocycles. The molecule has 1 aromatic rings. The molecule has 8 heteroatoms. The first kappa shape index (κ1) is 15.2. The molecule has 20 heavy (non-hydrogen) atoms. The van der Waals surface area contributed by atoms with Gasteiger partial charge in [-0.15, -0.1) is 11.3 Å². The van der Waals surface area contributed by atoms with Gasteiger partial charge in [0.2, 0.25) is 5.91 Å². The van der Waals surface area contributed by atoms with E-state index < -0.39 is 10.0 Å². The van der Waals surface area contributed by atoms with Crippen LogP contribution in [0, 0.1) is 0 Å². The van der Waals surface area contributed by atoms with Crippen molar-refractivity contribution in [3.8, 4) is 0 Å². The van der Waals surface area contributed by atoms with Gasteiger partial charge in [0.1, 0.15) is 4.21 Å². The van der Waals surface area contributed by atoms with Crippen LogP contribution in [0.1, 0.15) is 6.42 Å². The molecule has 0 bridgehead atoms. The Bertz CT molecular complexity index is 579. The lowest BCUT2D eigenvalue weighted by atomic mass is 10.1. The van der Waals surface area contributed by atoms with Crippen molar-refractivity contribution >= 4 is 27.3 Å². The van der Waals surface area contributed by atoms with Crippen molar-refractivity contribution in [2.24, 2.45) is 0 Å².